The molecule has 4 N–H and O–H groups in total. The van der Waals surface area contributed by atoms with E-state index < -0.39 is 6.10 Å². The second-order valence-electron chi connectivity index (χ2n) is 4.61. The minimum Gasteiger partial charge on any atom is -0.496 e. The van der Waals surface area contributed by atoms with Gasteiger partial charge in [-0.25, -0.2) is 0 Å². The summed E-state index contributed by atoms with van der Waals surface area (Å²) in [6.07, 6.45) is 0.415. The van der Waals surface area contributed by atoms with Gasteiger partial charge in [0.15, 0.2) is 0 Å². The summed E-state index contributed by atoms with van der Waals surface area (Å²) in [4.78, 5) is 0. The normalized spacial score (nSPS) is 12.5. The lowest BCUT2D eigenvalue weighted by Crippen LogP contribution is -2.33. The molecule has 0 fully saturated rings. The Morgan fingerprint density at radius 2 is 2.11 bits per heavy atom. The number of aliphatic hydroxyl groups is 1. The third-order valence-corrected chi connectivity index (χ3v) is 3.00. The second-order valence-corrected chi connectivity index (χ2v) is 4.61. The standard InChI is InChI=1S/C14H24N2O2/c1-10-6-11(2)13(14(7-10)18-3)4-5-16-9-12(17)8-15/h6-7,12,16-17H,4-5,8-9,15H2,1-3H3. The number of methoxy groups -OCH3 is 1. The van der Waals surface area contributed by atoms with Crippen molar-refractivity contribution in [1.29, 1.82) is 0 Å². The minimum atomic E-state index is -0.467. The predicted molar refractivity (Wildman–Crippen MR) is 74.1 cm³/mol. The first-order valence-electron chi connectivity index (χ1n) is 6.31. The molecule has 4 heteroatoms. The lowest BCUT2D eigenvalue weighted by molar-refractivity contribution is 0.180. The fraction of sp³-hybridized carbons (Fsp3) is 0.571. The summed E-state index contributed by atoms with van der Waals surface area (Å²) in [6, 6.07) is 4.21. The van der Waals surface area contributed by atoms with Crippen LogP contribution in [0.4, 0.5) is 0 Å². The van der Waals surface area contributed by atoms with Crippen LogP contribution >= 0.6 is 0 Å². The second kappa shape index (κ2) is 7.36. The highest BCUT2D eigenvalue weighted by Crippen LogP contribution is 2.24. The van der Waals surface area contributed by atoms with E-state index in [1.165, 1.54) is 16.7 Å². The van der Waals surface area contributed by atoms with Gasteiger partial charge in [0, 0.05) is 13.1 Å². The van der Waals surface area contributed by atoms with Gasteiger partial charge < -0.3 is 20.9 Å². The molecular formula is C14H24N2O2. The molecule has 1 atom stereocenters. The lowest BCUT2D eigenvalue weighted by atomic mass is 10.0. The fourth-order valence-corrected chi connectivity index (χ4v) is 2.03. The van der Waals surface area contributed by atoms with E-state index in [9.17, 15) is 5.11 Å². The van der Waals surface area contributed by atoms with Crippen LogP contribution in [0.2, 0.25) is 0 Å². The number of hydrogen-bond donors (Lipinski definition) is 3. The summed E-state index contributed by atoms with van der Waals surface area (Å²) in [6.45, 7) is 5.79. The Hall–Kier alpha value is -1.10. The zero-order chi connectivity index (χ0) is 13.5. The molecule has 0 saturated carbocycles. The van der Waals surface area contributed by atoms with Crippen LogP contribution < -0.4 is 15.8 Å². The monoisotopic (exact) mass is 252 g/mol. The van der Waals surface area contributed by atoms with Crippen molar-refractivity contribution in [2.75, 3.05) is 26.7 Å². The highest BCUT2D eigenvalue weighted by Gasteiger charge is 2.07. The van der Waals surface area contributed by atoms with Crippen molar-refractivity contribution in [1.82, 2.24) is 5.32 Å². The van der Waals surface area contributed by atoms with Gasteiger partial charge in [-0.1, -0.05) is 6.07 Å². The van der Waals surface area contributed by atoms with Gasteiger partial charge in [0.1, 0.15) is 5.75 Å². The molecule has 0 aliphatic carbocycles. The fourth-order valence-electron chi connectivity index (χ4n) is 2.03. The van der Waals surface area contributed by atoms with E-state index >= 15 is 0 Å². The number of nitrogens with two attached hydrogens (primary N) is 1. The zero-order valence-electron chi connectivity index (χ0n) is 11.5. The number of rotatable bonds is 7. The molecule has 18 heavy (non-hydrogen) atoms. The molecule has 0 bridgehead atoms. The van der Waals surface area contributed by atoms with E-state index in [1.807, 2.05) is 0 Å². The average molecular weight is 252 g/mol. The van der Waals surface area contributed by atoms with Crippen LogP contribution in [0.15, 0.2) is 12.1 Å². The van der Waals surface area contributed by atoms with Crippen molar-refractivity contribution in [2.24, 2.45) is 5.73 Å². The van der Waals surface area contributed by atoms with Crippen molar-refractivity contribution >= 4 is 0 Å². The topological polar surface area (TPSA) is 67.5 Å². The Labute approximate surface area is 109 Å². The molecule has 0 heterocycles. The SMILES string of the molecule is COc1cc(C)cc(C)c1CCNCC(O)CN. The predicted octanol–water partition coefficient (Wildman–Crippen LogP) is 0.764. The number of aliphatic hydroxyl groups excluding tert-OH is 1. The highest BCUT2D eigenvalue weighted by molar-refractivity contribution is 5.43. The molecule has 0 amide bonds. The largest absolute Gasteiger partial charge is 0.496 e. The van der Waals surface area contributed by atoms with Crippen molar-refractivity contribution in [3.8, 4) is 5.75 Å². The van der Waals surface area contributed by atoms with Gasteiger partial charge in [0.05, 0.1) is 13.2 Å². The zero-order valence-corrected chi connectivity index (χ0v) is 11.5. The molecule has 102 valence electrons. The maximum Gasteiger partial charge on any atom is 0.122 e. The Kier molecular flexibility index (Phi) is 6.12. The molecule has 0 aromatic heterocycles. The first-order valence-corrected chi connectivity index (χ1v) is 6.31. The Balaban J connectivity index is 2.56. The first-order chi connectivity index (χ1) is 8.58. The summed E-state index contributed by atoms with van der Waals surface area (Å²) in [5, 5.41) is 12.5. The third kappa shape index (κ3) is 4.29. The van der Waals surface area contributed by atoms with Crippen LogP contribution in [-0.2, 0) is 6.42 Å². The molecule has 0 radical (unpaired) electrons. The maximum absolute atomic E-state index is 9.33. The van der Waals surface area contributed by atoms with Gasteiger partial charge in [-0.05, 0) is 49.6 Å². The van der Waals surface area contributed by atoms with E-state index in [-0.39, 0.29) is 0 Å². The van der Waals surface area contributed by atoms with Crippen LogP contribution in [0.3, 0.4) is 0 Å². The van der Waals surface area contributed by atoms with Crippen molar-refractivity contribution in [3.63, 3.8) is 0 Å². The third-order valence-electron chi connectivity index (χ3n) is 3.00. The van der Waals surface area contributed by atoms with E-state index in [0.717, 1.165) is 18.7 Å². The Morgan fingerprint density at radius 1 is 1.39 bits per heavy atom. The van der Waals surface area contributed by atoms with Crippen LogP contribution in [0, 0.1) is 13.8 Å². The van der Waals surface area contributed by atoms with E-state index in [2.05, 4.69) is 31.3 Å². The van der Waals surface area contributed by atoms with Gasteiger partial charge in [0.25, 0.3) is 0 Å². The van der Waals surface area contributed by atoms with E-state index in [0.29, 0.717) is 13.1 Å². The highest BCUT2D eigenvalue weighted by atomic mass is 16.5. The molecule has 0 saturated heterocycles. The minimum absolute atomic E-state index is 0.292. The summed E-state index contributed by atoms with van der Waals surface area (Å²) in [5.41, 5.74) is 9.01. The molecule has 1 aromatic carbocycles. The summed E-state index contributed by atoms with van der Waals surface area (Å²) in [7, 11) is 1.70. The molecule has 0 spiro atoms. The number of benzene rings is 1. The quantitative estimate of drug-likeness (QED) is 0.627. The van der Waals surface area contributed by atoms with Crippen LogP contribution in [0.5, 0.6) is 5.75 Å². The summed E-state index contributed by atoms with van der Waals surface area (Å²) < 4.78 is 5.41. The van der Waals surface area contributed by atoms with Crippen molar-refractivity contribution < 1.29 is 9.84 Å². The van der Waals surface area contributed by atoms with Crippen LogP contribution in [0.1, 0.15) is 16.7 Å². The number of aryl methyl sites for hydroxylation is 2. The Morgan fingerprint density at radius 3 is 2.72 bits per heavy atom. The molecule has 1 unspecified atom stereocenters. The van der Waals surface area contributed by atoms with Crippen molar-refractivity contribution in [2.45, 2.75) is 26.4 Å². The van der Waals surface area contributed by atoms with Gasteiger partial charge in [-0.3, -0.25) is 0 Å². The lowest BCUT2D eigenvalue weighted by Gasteiger charge is -2.14. The van der Waals surface area contributed by atoms with E-state index in [4.69, 9.17) is 10.5 Å². The maximum atomic E-state index is 9.33. The van der Waals surface area contributed by atoms with Crippen LogP contribution in [-0.4, -0.2) is 38.0 Å². The smallest absolute Gasteiger partial charge is 0.122 e. The molecular weight excluding hydrogens is 228 g/mol. The molecule has 4 nitrogen and oxygen atoms in total. The summed E-state index contributed by atoms with van der Waals surface area (Å²) >= 11 is 0. The molecule has 1 rings (SSSR count). The average Bonchev–Trinajstić information content (AvgIpc) is 2.35. The van der Waals surface area contributed by atoms with Gasteiger partial charge in [0.2, 0.25) is 0 Å². The van der Waals surface area contributed by atoms with Crippen LogP contribution in [0.25, 0.3) is 0 Å². The van der Waals surface area contributed by atoms with E-state index in [1.54, 1.807) is 7.11 Å². The Bertz CT molecular complexity index is 380. The van der Waals surface area contributed by atoms with Crippen molar-refractivity contribution in [3.05, 3.63) is 28.8 Å². The van der Waals surface area contributed by atoms with Gasteiger partial charge in [-0.2, -0.15) is 0 Å². The van der Waals surface area contributed by atoms with Gasteiger partial charge >= 0.3 is 0 Å². The first kappa shape index (κ1) is 15.0. The summed E-state index contributed by atoms with van der Waals surface area (Å²) in [5.74, 6) is 0.939. The number of ether oxygens (including phenoxy) is 1. The molecule has 1 aromatic rings. The molecule has 0 aliphatic heterocycles. The van der Waals surface area contributed by atoms with Gasteiger partial charge in [-0.15, -0.1) is 0 Å². The number of hydrogen-bond acceptors (Lipinski definition) is 4. The molecule has 0 aliphatic rings. The number of nitrogens with one attached hydrogen (secondary N) is 1.